The number of hydrogen-bond donors (Lipinski definition) is 2. The molecule has 6 atom stereocenters. The molecule has 0 spiro atoms. The molecule has 0 unspecified atom stereocenters. The molecule has 5 rings (SSSR count). The van der Waals surface area contributed by atoms with Crippen molar-refractivity contribution in [1.29, 1.82) is 0 Å². The van der Waals surface area contributed by atoms with E-state index in [1.165, 1.54) is 24.8 Å². The zero-order valence-electron chi connectivity index (χ0n) is 19.3. The van der Waals surface area contributed by atoms with Gasteiger partial charge in [0.1, 0.15) is 0 Å². The number of aliphatic hydroxyl groups is 1. The van der Waals surface area contributed by atoms with Gasteiger partial charge in [0.15, 0.2) is 6.61 Å². The summed E-state index contributed by atoms with van der Waals surface area (Å²) >= 11 is 1.63. The van der Waals surface area contributed by atoms with Crippen LogP contribution in [-0.4, -0.2) is 29.4 Å². The quantitative estimate of drug-likeness (QED) is 0.609. The standard InChI is InChI=1S/C26H36N2O3S/c1-25-11-9-18(28-31-16-24(30)27-15-19-4-3-13-32-19)14-17(25)5-6-20-21-7-8-23(29)26(21,2)12-10-22(20)25/h3-4,13-14,20-23,29H,5-12,15-16H2,1-2H3,(H,27,30)/t20-,21-,22-,23-,25+,26+/m1/s1. The van der Waals surface area contributed by atoms with Gasteiger partial charge in [-0.3, -0.25) is 4.79 Å². The number of oxime groups is 1. The normalized spacial score (nSPS) is 39.6. The van der Waals surface area contributed by atoms with Crippen molar-refractivity contribution in [2.24, 2.45) is 33.7 Å². The number of hydrogen-bond acceptors (Lipinski definition) is 5. The predicted molar refractivity (Wildman–Crippen MR) is 127 cm³/mol. The lowest BCUT2D eigenvalue weighted by atomic mass is 9.47. The Morgan fingerprint density at radius 2 is 2.09 bits per heavy atom. The molecule has 3 fully saturated rings. The van der Waals surface area contributed by atoms with Gasteiger partial charge in [-0.15, -0.1) is 11.3 Å². The molecular formula is C26H36N2O3S. The van der Waals surface area contributed by atoms with Crippen molar-refractivity contribution in [3.05, 3.63) is 34.0 Å². The first-order chi connectivity index (χ1) is 15.4. The third kappa shape index (κ3) is 3.83. The largest absolute Gasteiger partial charge is 0.393 e. The number of nitrogens with zero attached hydrogens (tertiary/aromatic N) is 1. The number of amides is 1. The maximum Gasteiger partial charge on any atom is 0.261 e. The van der Waals surface area contributed by atoms with E-state index in [2.05, 4.69) is 30.4 Å². The number of fused-ring (bicyclic) bond motifs is 5. The van der Waals surface area contributed by atoms with Crippen LogP contribution >= 0.6 is 11.3 Å². The van der Waals surface area contributed by atoms with Gasteiger partial charge in [0.05, 0.1) is 18.4 Å². The highest BCUT2D eigenvalue weighted by Gasteiger charge is 2.58. The third-order valence-electron chi connectivity index (χ3n) is 9.34. The average Bonchev–Trinajstić information content (AvgIpc) is 3.40. The summed E-state index contributed by atoms with van der Waals surface area (Å²) in [5.41, 5.74) is 2.88. The third-order valence-corrected chi connectivity index (χ3v) is 10.2. The second kappa shape index (κ2) is 8.60. The Morgan fingerprint density at radius 1 is 1.22 bits per heavy atom. The van der Waals surface area contributed by atoms with Crippen molar-refractivity contribution >= 4 is 23.0 Å². The van der Waals surface area contributed by atoms with Crippen LogP contribution in [0.5, 0.6) is 0 Å². The summed E-state index contributed by atoms with van der Waals surface area (Å²) in [7, 11) is 0. The van der Waals surface area contributed by atoms with Crippen LogP contribution in [0.25, 0.3) is 0 Å². The van der Waals surface area contributed by atoms with E-state index in [-0.39, 0.29) is 29.4 Å². The fraction of sp³-hybridized carbons (Fsp3) is 0.692. The monoisotopic (exact) mass is 456 g/mol. The summed E-state index contributed by atoms with van der Waals surface area (Å²) in [6.07, 6.45) is 11.1. The van der Waals surface area contributed by atoms with Gasteiger partial charge in [0.25, 0.3) is 5.91 Å². The Bertz CT molecular complexity index is 910. The fourth-order valence-corrected chi connectivity index (χ4v) is 8.08. The maximum absolute atomic E-state index is 12.0. The lowest BCUT2D eigenvalue weighted by molar-refractivity contribution is -0.125. The molecule has 0 aliphatic heterocycles. The number of aliphatic hydroxyl groups excluding tert-OH is 1. The van der Waals surface area contributed by atoms with Crippen LogP contribution in [0.3, 0.4) is 0 Å². The van der Waals surface area contributed by atoms with Gasteiger partial charge >= 0.3 is 0 Å². The molecule has 1 amide bonds. The minimum atomic E-state index is -0.138. The first-order valence-electron chi connectivity index (χ1n) is 12.3. The molecule has 0 saturated heterocycles. The zero-order valence-corrected chi connectivity index (χ0v) is 20.1. The summed E-state index contributed by atoms with van der Waals surface area (Å²) in [6, 6.07) is 3.99. The second-order valence-electron chi connectivity index (χ2n) is 10.9. The Kier molecular flexibility index (Phi) is 5.95. The molecular weight excluding hydrogens is 420 g/mol. The summed E-state index contributed by atoms with van der Waals surface area (Å²) in [5, 5.41) is 19.8. The number of thiophene rings is 1. The predicted octanol–water partition coefficient (Wildman–Crippen LogP) is 5.06. The van der Waals surface area contributed by atoms with Gasteiger partial charge in [-0.2, -0.15) is 0 Å². The maximum atomic E-state index is 12.0. The molecule has 1 aromatic rings. The second-order valence-corrected chi connectivity index (χ2v) is 11.9. The van der Waals surface area contributed by atoms with Crippen LogP contribution in [-0.2, 0) is 16.2 Å². The zero-order chi connectivity index (χ0) is 22.3. The molecule has 1 heterocycles. The number of carbonyl (C=O) groups is 1. The molecule has 32 heavy (non-hydrogen) atoms. The molecule has 4 aliphatic rings. The van der Waals surface area contributed by atoms with Crippen molar-refractivity contribution in [2.75, 3.05) is 6.61 Å². The SMILES string of the molecule is C[C@]12CC[C@@H]3[C@H](CCC4=CC(=NOCC(=O)NCc5cccs5)CC[C@@]43C)[C@H]1CC[C@H]2O. The molecule has 3 saturated carbocycles. The van der Waals surface area contributed by atoms with E-state index >= 15 is 0 Å². The lowest BCUT2D eigenvalue weighted by Crippen LogP contribution is -2.51. The average molecular weight is 457 g/mol. The number of rotatable bonds is 5. The summed E-state index contributed by atoms with van der Waals surface area (Å²) in [4.78, 5) is 18.6. The Morgan fingerprint density at radius 3 is 2.91 bits per heavy atom. The molecule has 5 nitrogen and oxygen atoms in total. The van der Waals surface area contributed by atoms with E-state index < -0.39 is 0 Å². The van der Waals surface area contributed by atoms with Crippen LogP contribution in [0.4, 0.5) is 0 Å². The van der Waals surface area contributed by atoms with Gasteiger partial charge in [0.2, 0.25) is 0 Å². The van der Waals surface area contributed by atoms with Crippen LogP contribution in [0.1, 0.15) is 70.1 Å². The summed E-state index contributed by atoms with van der Waals surface area (Å²) in [5.74, 6) is 2.01. The smallest absolute Gasteiger partial charge is 0.261 e. The van der Waals surface area contributed by atoms with Gasteiger partial charge in [0, 0.05) is 4.88 Å². The van der Waals surface area contributed by atoms with E-state index in [1.807, 2.05) is 17.5 Å². The van der Waals surface area contributed by atoms with Crippen molar-refractivity contribution in [3.8, 4) is 0 Å². The van der Waals surface area contributed by atoms with Gasteiger partial charge in [-0.25, -0.2) is 0 Å². The highest BCUT2D eigenvalue weighted by atomic mass is 32.1. The fourth-order valence-electron chi connectivity index (χ4n) is 7.44. The van der Waals surface area contributed by atoms with Gasteiger partial charge < -0.3 is 15.3 Å². The molecule has 1 aromatic heterocycles. The molecule has 174 valence electrons. The number of carbonyl (C=O) groups excluding carboxylic acids is 1. The Hall–Kier alpha value is -1.66. The molecule has 6 heteroatoms. The molecule has 0 aromatic carbocycles. The van der Waals surface area contributed by atoms with E-state index in [9.17, 15) is 9.90 Å². The highest BCUT2D eigenvalue weighted by molar-refractivity contribution is 7.09. The van der Waals surface area contributed by atoms with Crippen molar-refractivity contribution in [2.45, 2.75) is 77.9 Å². The molecule has 2 N–H and O–H groups in total. The first kappa shape index (κ1) is 22.1. The van der Waals surface area contributed by atoms with E-state index in [0.29, 0.717) is 12.5 Å². The Balaban J connectivity index is 1.20. The van der Waals surface area contributed by atoms with Crippen molar-refractivity contribution < 1.29 is 14.7 Å². The summed E-state index contributed by atoms with van der Waals surface area (Å²) < 4.78 is 0. The van der Waals surface area contributed by atoms with Crippen LogP contribution in [0, 0.1) is 28.6 Å². The number of nitrogens with one attached hydrogen (secondary N) is 1. The lowest BCUT2D eigenvalue weighted by Gasteiger charge is -2.57. The van der Waals surface area contributed by atoms with Gasteiger partial charge in [-0.1, -0.05) is 30.6 Å². The summed E-state index contributed by atoms with van der Waals surface area (Å²) in [6.45, 7) is 5.32. The molecule has 4 aliphatic carbocycles. The van der Waals surface area contributed by atoms with Crippen LogP contribution in [0.2, 0.25) is 0 Å². The van der Waals surface area contributed by atoms with Crippen molar-refractivity contribution in [3.63, 3.8) is 0 Å². The number of allylic oxidation sites excluding steroid dienone is 2. The van der Waals surface area contributed by atoms with E-state index in [0.717, 1.165) is 54.5 Å². The topological polar surface area (TPSA) is 70.9 Å². The molecule has 0 radical (unpaired) electrons. The first-order valence-corrected chi connectivity index (χ1v) is 13.1. The Labute approximate surface area is 195 Å². The van der Waals surface area contributed by atoms with E-state index in [1.54, 1.807) is 11.3 Å². The van der Waals surface area contributed by atoms with Gasteiger partial charge in [-0.05, 0) is 97.5 Å². The minimum absolute atomic E-state index is 0.0391. The molecule has 0 bridgehead atoms. The highest BCUT2D eigenvalue weighted by Crippen LogP contribution is 2.65. The minimum Gasteiger partial charge on any atom is -0.393 e. The van der Waals surface area contributed by atoms with E-state index in [4.69, 9.17) is 4.84 Å². The van der Waals surface area contributed by atoms with Crippen molar-refractivity contribution in [1.82, 2.24) is 5.32 Å². The van der Waals surface area contributed by atoms with Crippen LogP contribution in [0.15, 0.2) is 34.3 Å². The van der Waals surface area contributed by atoms with Crippen LogP contribution < -0.4 is 5.32 Å².